The van der Waals surface area contributed by atoms with Gasteiger partial charge in [0.1, 0.15) is 5.82 Å². The molecule has 0 saturated heterocycles. The van der Waals surface area contributed by atoms with Gasteiger partial charge in [0.25, 0.3) is 0 Å². The van der Waals surface area contributed by atoms with E-state index in [-0.39, 0.29) is 0 Å². The van der Waals surface area contributed by atoms with Crippen LogP contribution in [-0.4, -0.2) is 55.3 Å². The molecule has 0 aliphatic heterocycles. The topological polar surface area (TPSA) is 53.2 Å². The molecule has 2 aromatic rings. The summed E-state index contributed by atoms with van der Waals surface area (Å²) in [6.45, 7) is 4.37. The molecule has 0 unspecified atom stereocenters. The molecule has 0 saturated carbocycles. The monoisotopic (exact) mass is 366 g/mol. The second-order valence-electron chi connectivity index (χ2n) is 5.23. The van der Waals surface area contributed by atoms with Gasteiger partial charge in [-0.1, -0.05) is 28.1 Å². The number of aromatic nitrogens is 2. The highest BCUT2D eigenvalue weighted by molar-refractivity contribution is 9.10. The summed E-state index contributed by atoms with van der Waals surface area (Å²) in [4.78, 5) is 10.0. The zero-order chi connectivity index (χ0) is 15.8. The van der Waals surface area contributed by atoms with E-state index in [4.69, 9.17) is 4.74 Å². The summed E-state index contributed by atoms with van der Waals surface area (Å²) in [5.41, 5.74) is 2.17. The number of hydrogen-bond acceptors (Lipinski definition) is 4. The van der Waals surface area contributed by atoms with Crippen LogP contribution in [0.15, 0.2) is 34.9 Å². The van der Waals surface area contributed by atoms with Crippen molar-refractivity contribution in [2.45, 2.75) is 6.54 Å². The van der Waals surface area contributed by atoms with Crippen molar-refractivity contribution in [3.63, 3.8) is 0 Å². The Morgan fingerprint density at radius 2 is 2.23 bits per heavy atom. The Morgan fingerprint density at radius 3 is 3.00 bits per heavy atom. The molecule has 0 spiro atoms. The van der Waals surface area contributed by atoms with Gasteiger partial charge in [-0.2, -0.15) is 0 Å². The molecule has 1 aromatic carbocycles. The molecular weight excluding hydrogens is 344 g/mol. The number of methoxy groups -OCH3 is 1. The molecule has 6 heteroatoms. The van der Waals surface area contributed by atoms with Gasteiger partial charge in [-0.25, -0.2) is 4.98 Å². The molecule has 0 aliphatic carbocycles. The van der Waals surface area contributed by atoms with Gasteiger partial charge in [-0.15, -0.1) is 0 Å². The number of likely N-dealkylation sites (N-methyl/N-ethyl adjacent to an activating group) is 1. The first kappa shape index (κ1) is 17.1. The normalized spacial score (nSPS) is 11.3. The quantitative estimate of drug-likeness (QED) is 0.669. The molecule has 0 amide bonds. The van der Waals surface area contributed by atoms with Crippen molar-refractivity contribution in [1.82, 2.24) is 20.2 Å². The summed E-state index contributed by atoms with van der Waals surface area (Å²) < 4.78 is 6.13. The van der Waals surface area contributed by atoms with Crippen molar-refractivity contribution in [3.05, 3.63) is 40.8 Å². The third-order valence-corrected chi connectivity index (χ3v) is 3.90. The number of hydrogen-bond donors (Lipinski definition) is 2. The van der Waals surface area contributed by atoms with Crippen LogP contribution in [-0.2, 0) is 11.3 Å². The number of halogens is 1. The summed E-state index contributed by atoms with van der Waals surface area (Å²) in [5.74, 6) is 0.953. The van der Waals surface area contributed by atoms with Crippen LogP contribution in [0.2, 0.25) is 0 Å². The van der Waals surface area contributed by atoms with Gasteiger partial charge in [-0.05, 0) is 19.2 Å². The molecular formula is C16H23BrN4O. The zero-order valence-electron chi connectivity index (χ0n) is 13.1. The molecule has 22 heavy (non-hydrogen) atoms. The Kier molecular flexibility index (Phi) is 7.05. The van der Waals surface area contributed by atoms with Crippen LogP contribution in [0.3, 0.4) is 0 Å². The summed E-state index contributed by atoms with van der Waals surface area (Å²) in [6.07, 6.45) is 1.88. The molecule has 1 heterocycles. The third kappa shape index (κ3) is 5.53. The molecule has 0 fully saturated rings. The first-order valence-corrected chi connectivity index (χ1v) is 8.16. The minimum Gasteiger partial charge on any atom is -0.383 e. The predicted molar refractivity (Wildman–Crippen MR) is 92.8 cm³/mol. The van der Waals surface area contributed by atoms with E-state index in [1.165, 1.54) is 0 Å². The van der Waals surface area contributed by atoms with E-state index in [2.05, 4.69) is 55.3 Å². The fraction of sp³-hybridized carbons (Fsp3) is 0.438. The lowest BCUT2D eigenvalue weighted by Crippen LogP contribution is -2.31. The smallest absolute Gasteiger partial charge is 0.120 e. The fourth-order valence-corrected chi connectivity index (χ4v) is 2.49. The largest absolute Gasteiger partial charge is 0.383 e. The summed E-state index contributed by atoms with van der Waals surface area (Å²) >= 11 is 3.49. The van der Waals surface area contributed by atoms with Crippen LogP contribution < -0.4 is 5.32 Å². The Hall–Kier alpha value is -1.21. The lowest BCUT2D eigenvalue weighted by atomic mass is 10.2. The Morgan fingerprint density at radius 1 is 1.36 bits per heavy atom. The minimum atomic E-state index is 0.742. The molecule has 1 aromatic heterocycles. The number of rotatable bonds is 9. The maximum Gasteiger partial charge on any atom is 0.120 e. The van der Waals surface area contributed by atoms with Gasteiger partial charge in [0.2, 0.25) is 0 Å². The first-order valence-electron chi connectivity index (χ1n) is 7.37. The highest BCUT2D eigenvalue weighted by atomic mass is 79.9. The van der Waals surface area contributed by atoms with Gasteiger partial charge < -0.3 is 19.9 Å². The van der Waals surface area contributed by atoms with Crippen LogP contribution >= 0.6 is 15.9 Å². The lowest BCUT2D eigenvalue weighted by molar-refractivity contribution is 0.161. The number of benzene rings is 1. The number of aromatic amines is 1. The van der Waals surface area contributed by atoms with Crippen molar-refractivity contribution in [1.29, 1.82) is 0 Å². The fourth-order valence-electron chi connectivity index (χ4n) is 2.09. The minimum absolute atomic E-state index is 0.742. The summed E-state index contributed by atoms with van der Waals surface area (Å²) in [5, 5.41) is 3.40. The SMILES string of the molecule is COCCN(C)CCNCc1ncc(-c2cccc(Br)c2)[nH]1. The number of imidazole rings is 1. The van der Waals surface area contributed by atoms with E-state index in [0.717, 1.165) is 54.3 Å². The number of H-pyrrole nitrogens is 1. The van der Waals surface area contributed by atoms with Gasteiger partial charge >= 0.3 is 0 Å². The number of nitrogens with one attached hydrogen (secondary N) is 2. The summed E-state index contributed by atoms with van der Waals surface area (Å²) in [6, 6.07) is 8.19. The molecule has 0 aliphatic rings. The van der Waals surface area contributed by atoms with Crippen LogP contribution in [0.4, 0.5) is 0 Å². The zero-order valence-corrected chi connectivity index (χ0v) is 14.7. The standard InChI is InChI=1S/C16H23BrN4O/c1-21(8-9-22-2)7-6-18-12-16-19-11-15(20-16)13-4-3-5-14(17)10-13/h3-5,10-11,18H,6-9,12H2,1-2H3,(H,19,20). The first-order chi connectivity index (χ1) is 10.7. The molecule has 0 bridgehead atoms. The molecule has 0 atom stereocenters. The van der Waals surface area contributed by atoms with Gasteiger partial charge in [0, 0.05) is 36.8 Å². The molecule has 5 nitrogen and oxygen atoms in total. The van der Waals surface area contributed by atoms with E-state index in [9.17, 15) is 0 Å². The van der Waals surface area contributed by atoms with Crippen LogP contribution in [0.1, 0.15) is 5.82 Å². The van der Waals surface area contributed by atoms with E-state index < -0.39 is 0 Å². The molecule has 2 rings (SSSR count). The number of nitrogens with zero attached hydrogens (tertiary/aromatic N) is 2. The van der Waals surface area contributed by atoms with Crippen molar-refractivity contribution in [2.75, 3.05) is 40.4 Å². The predicted octanol–water partition coefficient (Wildman–Crippen LogP) is 2.51. The van der Waals surface area contributed by atoms with Gasteiger partial charge in [0.05, 0.1) is 25.0 Å². The second kappa shape index (κ2) is 9.05. The number of ether oxygens (including phenoxy) is 1. The third-order valence-electron chi connectivity index (χ3n) is 3.40. The van der Waals surface area contributed by atoms with Crippen LogP contribution in [0.25, 0.3) is 11.3 Å². The average molecular weight is 367 g/mol. The highest BCUT2D eigenvalue weighted by Gasteiger charge is 2.04. The molecule has 120 valence electrons. The van der Waals surface area contributed by atoms with Crippen molar-refractivity contribution < 1.29 is 4.74 Å². The van der Waals surface area contributed by atoms with Gasteiger partial charge in [-0.3, -0.25) is 0 Å². The average Bonchev–Trinajstić information content (AvgIpc) is 2.98. The van der Waals surface area contributed by atoms with Crippen LogP contribution in [0.5, 0.6) is 0 Å². The molecule has 2 N–H and O–H groups in total. The maximum absolute atomic E-state index is 5.06. The van der Waals surface area contributed by atoms with E-state index in [1.54, 1.807) is 7.11 Å². The Balaban J connectivity index is 1.76. The van der Waals surface area contributed by atoms with E-state index in [1.807, 2.05) is 18.3 Å². The highest BCUT2D eigenvalue weighted by Crippen LogP contribution is 2.21. The Bertz CT molecular complexity index is 573. The van der Waals surface area contributed by atoms with Crippen molar-refractivity contribution in [3.8, 4) is 11.3 Å². The summed E-state index contributed by atoms with van der Waals surface area (Å²) in [7, 11) is 3.82. The molecule has 0 radical (unpaired) electrons. The van der Waals surface area contributed by atoms with Gasteiger partial charge in [0.15, 0.2) is 0 Å². The lowest BCUT2D eigenvalue weighted by Gasteiger charge is -2.15. The maximum atomic E-state index is 5.06. The van der Waals surface area contributed by atoms with Crippen LogP contribution in [0, 0.1) is 0 Å². The van der Waals surface area contributed by atoms with E-state index >= 15 is 0 Å². The van der Waals surface area contributed by atoms with Crippen molar-refractivity contribution in [2.24, 2.45) is 0 Å². The second-order valence-corrected chi connectivity index (χ2v) is 6.14. The Labute approximate surface area is 140 Å². The van der Waals surface area contributed by atoms with Crippen molar-refractivity contribution >= 4 is 15.9 Å². The van der Waals surface area contributed by atoms with E-state index in [0.29, 0.717) is 0 Å².